The number of ether oxygens (including phenoxy) is 2. The molecule has 1 amide bonds. The van der Waals surface area contributed by atoms with E-state index in [0.29, 0.717) is 6.42 Å². The van der Waals surface area contributed by atoms with Gasteiger partial charge in [-0.25, -0.2) is 4.79 Å². The number of carbonyl (C=O) groups is 2. The van der Waals surface area contributed by atoms with Crippen molar-refractivity contribution in [3.05, 3.63) is 35.9 Å². The highest BCUT2D eigenvalue weighted by molar-refractivity contribution is 5.78. The van der Waals surface area contributed by atoms with Crippen LogP contribution in [-0.4, -0.2) is 36.7 Å². The molecular formula is C19H25NO4. The van der Waals surface area contributed by atoms with E-state index in [0.717, 1.165) is 5.56 Å². The van der Waals surface area contributed by atoms with Crippen LogP contribution < -0.4 is 0 Å². The van der Waals surface area contributed by atoms with Gasteiger partial charge in [0.1, 0.15) is 19.3 Å². The van der Waals surface area contributed by atoms with Crippen LogP contribution in [0.2, 0.25) is 0 Å². The van der Waals surface area contributed by atoms with Crippen molar-refractivity contribution in [1.82, 2.24) is 4.90 Å². The summed E-state index contributed by atoms with van der Waals surface area (Å²) in [6.07, 6.45) is 4.67. The summed E-state index contributed by atoms with van der Waals surface area (Å²) in [4.78, 5) is 25.1. The largest absolute Gasteiger partial charge is 0.459 e. The molecule has 130 valence electrons. The quantitative estimate of drug-likeness (QED) is 0.593. The van der Waals surface area contributed by atoms with E-state index in [-0.39, 0.29) is 18.6 Å². The minimum Gasteiger partial charge on any atom is -0.459 e. The summed E-state index contributed by atoms with van der Waals surface area (Å²) in [5.74, 6) is 2.00. The van der Waals surface area contributed by atoms with Gasteiger partial charge in [0.2, 0.25) is 0 Å². The number of terminal acetylenes is 1. The fourth-order valence-electron chi connectivity index (χ4n) is 1.92. The molecule has 1 unspecified atom stereocenters. The molecule has 0 aliphatic heterocycles. The Bertz CT molecular complexity index is 584. The van der Waals surface area contributed by atoms with Crippen LogP contribution in [0, 0.1) is 17.8 Å². The molecule has 24 heavy (non-hydrogen) atoms. The minimum absolute atomic E-state index is 0.154. The zero-order valence-corrected chi connectivity index (χ0v) is 14.7. The van der Waals surface area contributed by atoms with Crippen LogP contribution in [0.4, 0.5) is 4.79 Å². The molecule has 0 saturated carbocycles. The molecule has 0 N–H and O–H groups in total. The first-order valence-corrected chi connectivity index (χ1v) is 7.78. The highest BCUT2D eigenvalue weighted by Gasteiger charge is 2.28. The van der Waals surface area contributed by atoms with E-state index < -0.39 is 18.2 Å². The summed E-state index contributed by atoms with van der Waals surface area (Å²) >= 11 is 0. The Balaban J connectivity index is 2.47. The molecular weight excluding hydrogens is 306 g/mol. The summed E-state index contributed by atoms with van der Waals surface area (Å²) in [5, 5.41) is 0. The first-order chi connectivity index (χ1) is 11.2. The monoisotopic (exact) mass is 331 g/mol. The Morgan fingerprint density at radius 2 is 1.88 bits per heavy atom. The van der Waals surface area contributed by atoms with Crippen LogP contribution in [0.1, 0.15) is 32.8 Å². The molecule has 0 bridgehead atoms. The van der Waals surface area contributed by atoms with E-state index in [9.17, 15) is 9.59 Å². The first-order valence-electron chi connectivity index (χ1n) is 7.78. The van der Waals surface area contributed by atoms with Crippen molar-refractivity contribution < 1.29 is 19.1 Å². The summed E-state index contributed by atoms with van der Waals surface area (Å²) < 4.78 is 10.6. The Kier molecular flexibility index (Phi) is 7.31. The maximum absolute atomic E-state index is 12.0. The maximum Gasteiger partial charge on any atom is 0.410 e. The fourth-order valence-corrected chi connectivity index (χ4v) is 1.92. The molecule has 1 atom stereocenters. The molecule has 0 aliphatic carbocycles. The summed E-state index contributed by atoms with van der Waals surface area (Å²) in [6.45, 7) is 5.80. The lowest BCUT2D eigenvalue weighted by molar-refractivity contribution is -0.155. The molecule has 1 aromatic rings. The predicted octanol–water partition coefficient (Wildman–Crippen LogP) is 3.24. The van der Waals surface area contributed by atoms with Crippen LogP contribution in [0.3, 0.4) is 0 Å². The van der Waals surface area contributed by atoms with Crippen molar-refractivity contribution in [3.63, 3.8) is 0 Å². The summed E-state index contributed by atoms with van der Waals surface area (Å²) in [6, 6.07) is 9.32. The van der Waals surface area contributed by atoms with E-state index >= 15 is 0 Å². The number of amides is 1. The van der Waals surface area contributed by atoms with Crippen molar-refractivity contribution >= 4 is 12.1 Å². The normalized spacial score (nSPS) is 12.0. The topological polar surface area (TPSA) is 55.8 Å². The van der Waals surface area contributed by atoms with Gasteiger partial charge in [0.15, 0.2) is 0 Å². The lowest BCUT2D eigenvalue weighted by Gasteiger charge is -2.29. The zero-order valence-electron chi connectivity index (χ0n) is 14.7. The average molecular weight is 331 g/mol. The van der Waals surface area contributed by atoms with Gasteiger partial charge in [0, 0.05) is 13.5 Å². The van der Waals surface area contributed by atoms with E-state index in [1.807, 2.05) is 51.1 Å². The van der Waals surface area contributed by atoms with Gasteiger partial charge in [-0.05, 0) is 11.0 Å². The highest BCUT2D eigenvalue weighted by Crippen LogP contribution is 2.24. The van der Waals surface area contributed by atoms with Gasteiger partial charge < -0.3 is 14.4 Å². The SMILES string of the molecule is C#CCC(OC(=O)CN(C)C(=O)OCc1ccccc1)C(C)(C)C. The number of likely N-dealkylation sites (N-methyl/N-ethyl adjacent to an activating group) is 1. The number of hydrogen-bond donors (Lipinski definition) is 0. The summed E-state index contributed by atoms with van der Waals surface area (Å²) in [5.41, 5.74) is 0.609. The van der Waals surface area contributed by atoms with Gasteiger partial charge in [-0.15, -0.1) is 12.3 Å². The highest BCUT2D eigenvalue weighted by atomic mass is 16.6. The van der Waals surface area contributed by atoms with Crippen LogP contribution >= 0.6 is 0 Å². The minimum atomic E-state index is -0.583. The van der Waals surface area contributed by atoms with Gasteiger partial charge in [-0.3, -0.25) is 4.79 Å². The lowest BCUT2D eigenvalue weighted by atomic mass is 9.87. The van der Waals surface area contributed by atoms with E-state index in [2.05, 4.69) is 5.92 Å². The van der Waals surface area contributed by atoms with Crippen molar-refractivity contribution in [2.75, 3.05) is 13.6 Å². The van der Waals surface area contributed by atoms with E-state index in [1.54, 1.807) is 0 Å². The number of esters is 1. The van der Waals surface area contributed by atoms with Crippen LogP contribution in [0.5, 0.6) is 0 Å². The molecule has 1 aromatic carbocycles. The van der Waals surface area contributed by atoms with E-state index in [1.165, 1.54) is 11.9 Å². The second-order valence-electron chi connectivity index (χ2n) is 6.65. The average Bonchev–Trinajstić information content (AvgIpc) is 2.52. The molecule has 1 rings (SSSR count). The smallest absolute Gasteiger partial charge is 0.410 e. The molecule has 0 aliphatic rings. The predicted molar refractivity (Wildman–Crippen MR) is 92.0 cm³/mol. The molecule has 5 nitrogen and oxygen atoms in total. The molecule has 0 radical (unpaired) electrons. The number of nitrogens with zero attached hydrogens (tertiary/aromatic N) is 1. The molecule has 0 fully saturated rings. The third-order valence-corrected chi connectivity index (χ3v) is 3.43. The van der Waals surface area contributed by atoms with Crippen LogP contribution in [-0.2, 0) is 20.9 Å². The first kappa shape index (κ1) is 19.6. The Morgan fingerprint density at radius 3 is 2.42 bits per heavy atom. The number of hydrogen-bond acceptors (Lipinski definition) is 4. The van der Waals surface area contributed by atoms with Gasteiger partial charge in [0.25, 0.3) is 0 Å². The zero-order chi connectivity index (χ0) is 18.2. The third-order valence-electron chi connectivity index (χ3n) is 3.43. The van der Waals surface area contributed by atoms with Gasteiger partial charge in [0.05, 0.1) is 0 Å². The van der Waals surface area contributed by atoms with Crippen molar-refractivity contribution in [2.45, 2.75) is 39.9 Å². The summed E-state index contributed by atoms with van der Waals surface area (Å²) in [7, 11) is 1.49. The van der Waals surface area contributed by atoms with Crippen LogP contribution in [0.15, 0.2) is 30.3 Å². The van der Waals surface area contributed by atoms with Crippen molar-refractivity contribution in [1.29, 1.82) is 0 Å². The van der Waals surface area contributed by atoms with Crippen LogP contribution in [0.25, 0.3) is 0 Å². The molecule has 0 spiro atoms. The van der Waals surface area contributed by atoms with Crippen molar-refractivity contribution in [3.8, 4) is 12.3 Å². The standard InChI is InChI=1S/C19H25NO4/c1-6-10-16(19(2,3)4)24-17(21)13-20(5)18(22)23-14-15-11-8-7-9-12-15/h1,7-9,11-12,16H,10,13-14H2,2-5H3. The number of benzene rings is 1. The molecule has 0 saturated heterocycles. The fraction of sp³-hybridized carbons (Fsp3) is 0.474. The van der Waals surface area contributed by atoms with Crippen molar-refractivity contribution in [2.24, 2.45) is 5.41 Å². The second kappa shape index (κ2) is 8.97. The maximum atomic E-state index is 12.0. The molecule has 5 heteroatoms. The molecule has 0 aromatic heterocycles. The second-order valence-corrected chi connectivity index (χ2v) is 6.65. The number of rotatable bonds is 6. The van der Waals surface area contributed by atoms with Gasteiger partial charge in [-0.1, -0.05) is 51.1 Å². The lowest BCUT2D eigenvalue weighted by Crippen LogP contribution is -2.38. The van der Waals surface area contributed by atoms with E-state index in [4.69, 9.17) is 15.9 Å². The Morgan fingerprint density at radius 1 is 1.25 bits per heavy atom. The van der Waals surface area contributed by atoms with Gasteiger partial charge >= 0.3 is 12.1 Å². The Labute approximate surface area is 143 Å². The van der Waals surface area contributed by atoms with Gasteiger partial charge in [-0.2, -0.15) is 0 Å². The third kappa shape index (κ3) is 6.74. The molecule has 0 heterocycles. The number of carbonyl (C=O) groups excluding carboxylic acids is 2. The Hall–Kier alpha value is -2.48.